The Bertz CT molecular complexity index is 247. The Kier molecular flexibility index (Phi) is 4.57. The van der Waals surface area contributed by atoms with Crippen LogP contribution in [-0.2, 0) is 4.79 Å². The molecule has 1 atom stereocenters. The van der Waals surface area contributed by atoms with Gasteiger partial charge in [-0.15, -0.1) is 0 Å². The predicted octanol–water partition coefficient (Wildman–Crippen LogP) is 1.49. The molecule has 17 heavy (non-hydrogen) atoms. The molecule has 0 bridgehead atoms. The van der Waals surface area contributed by atoms with Crippen LogP contribution in [0.3, 0.4) is 0 Å². The van der Waals surface area contributed by atoms with Crippen molar-refractivity contribution < 1.29 is 4.79 Å². The molecule has 1 aliphatic heterocycles. The molecule has 2 rings (SSSR count). The molecule has 0 amide bonds. The Morgan fingerprint density at radius 2 is 2.12 bits per heavy atom. The molecule has 2 aliphatic rings. The molecule has 0 aromatic rings. The number of likely N-dealkylation sites (tertiary alicyclic amines) is 1. The molecule has 98 valence electrons. The number of nitrogens with zero attached hydrogens (tertiary/aromatic N) is 2. The number of aldehydes is 1. The molecule has 0 radical (unpaired) electrons. The molecule has 3 nitrogen and oxygen atoms in total. The van der Waals surface area contributed by atoms with Crippen molar-refractivity contribution in [3.8, 4) is 0 Å². The van der Waals surface area contributed by atoms with E-state index in [4.69, 9.17) is 0 Å². The van der Waals surface area contributed by atoms with Gasteiger partial charge < -0.3 is 14.6 Å². The Morgan fingerprint density at radius 3 is 2.65 bits per heavy atom. The number of carbonyl (C=O) groups excluding carboxylic acids is 1. The van der Waals surface area contributed by atoms with Crippen LogP contribution in [0, 0.1) is 17.8 Å². The summed E-state index contributed by atoms with van der Waals surface area (Å²) in [7, 11) is 2.19. The fourth-order valence-electron chi connectivity index (χ4n) is 2.73. The van der Waals surface area contributed by atoms with Crippen LogP contribution in [0.5, 0.6) is 0 Å². The SMILES string of the molecule is CC1CN(CC(C=O)CCN(C)CC2CC2)C1. The molecule has 0 N–H and O–H groups in total. The minimum Gasteiger partial charge on any atom is -0.306 e. The lowest BCUT2D eigenvalue weighted by Gasteiger charge is -2.38. The highest BCUT2D eigenvalue weighted by Gasteiger charge is 2.26. The van der Waals surface area contributed by atoms with Crippen LogP contribution in [0.25, 0.3) is 0 Å². The van der Waals surface area contributed by atoms with E-state index in [2.05, 4.69) is 23.8 Å². The van der Waals surface area contributed by atoms with Gasteiger partial charge in [0.15, 0.2) is 0 Å². The second kappa shape index (κ2) is 5.96. The van der Waals surface area contributed by atoms with Crippen LogP contribution in [0.2, 0.25) is 0 Å². The molecule has 1 unspecified atom stereocenters. The fourth-order valence-corrected chi connectivity index (χ4v) is 2.73. The van der Waals surface area contributed by atoms with Crippen LogP contribution in [0.4, 0.5) is 0 Å². The first-order chi connectivity index (χ1) is 8.17. The van der Waals surface area contributed by atoms with Gasteiger partial charge in [-0.2, -0.15) is 0 Å². The fraction of sp³-hybridized carbons (Fsp3) is 0.929. The van der Waals surface area contributed by atoms with E-state index < -0.39 is 0 Å². The van der Waals surface area contributed by atoms with Gasteiger partial charge in [0.1, 0.15) is 6.29 Å². The van der Waals surface area contributed by atoms with Crippen LogP contribution >= 0.6 is 0 Å². The topological polar surface area (TPSA) is 23.6 Å². The zero-order valence-electron chi connectivity index (χ0n) is 11.3. The Labute approximate surface area is 105 Å². The van der Waals surface area contributed by atoms with Gasteiger partial charge in [0.05, 0.1) is 0 Å². The highest BCUT2D eigenvalue weighted by molar-refractivity contribution is 5.53. The van der Waals surface area contributed by atoms with Gasteiger partial charge >= 0.3 is 0 Å². The summed E-state index contributed by atoms with van der Waals surface area (Å²) in [5, 5.41) is 0. The molecule has 1 saturated carbocycles. The van der Waals surface area contributed by atoms with Crippen LogP contribution in [0.1, 0.15) is 26.2 Å². The van der Waals surface area contributed by atoms with Gasteiger partial charge in [-0.1, -0.05) is 6.92 Å². The summed E-state index contributed by atoms with van der Waals surface area (Å²) < 4.78 is 0. The van der Waals surface area contributed by atoms with Gasteiger partial charge in [0, 0.05) is 32.1 Å². The smallest absolute Gasteiger partial charge is 0.124 e. The van der Waals surface area contributed by atoms with Gasteiger partial charge in [-0.3, -0.25) is 0 Å². The second-order valence-electron chi connectivity index (χ2n) is 6.21. The second-order valence-corrected chi connectivity index (χ2v) is 6.21. The summed E-state index contributed by atoms with van der Waals surface area (Å²) >= 11 is 0. The van der Waals surface area contributed by atoms with Crippen molar-refractivity contribution in [2.24, 2.45) is 17.8 Å². The molecule has 1 heterocycles. The predicted molar refractivity (Wildman–Crippen MR) is 70.0 cm³/mol. The molecular formula is C14H26N2O. The van der Waals surface area contributed by atoms with Crippen LogP contribution in [-0.4, -0.2) is 55.9 Å². The zero-order valence-corrected chi connectivity index (χ0v) is 11.3. The highest BCUT2D eigenvalue weighted by Crippen LogP contribution is 2.29. The molecule has 1 aliphatic carbocycles. The maximum Gasteiger partial charge on any atom is 0.124 e. The zero-order chi connectivity index (χ0) is 12.3. The maximum absolute atomic E-state index is 11.1. The Hall–Kier alpha value is -0.410. The summed E-state index contributed by atoms with van der Waals surface area (Å²) in [6, 6.07) is 0. The van der Waals surface area contributed by atoms with E-state index in [1.807, 2.05) is 0 Å². The molecule has 1 saturated heterocycles. The first-order valence-electron chi connectivity index (χ1n) is 7.03. The largest absolute Gasteiger partial charge is 0.306 e. The molecule has 0 aromatic carbocycles. The molecule has 0 spiro atoms. The number of hydrogen-bond acceptors (Lipinski definition) is 3. The third kappa shape index (κ3) is 4.40. The van der Waals surface area contributed by atoms with Gasteiger partial charge in [0.25, 0.3) is 0 Å². The lowest BCUT2D eigenvalue weighted by atomic mass is 9.99. The van der Waals surface area contributed by atoms with Crippen molar-refractivity contribution in [1.82, 2.24) is 9.80 Å². The minimum absolute atomic E-state index is 0.240. The van der Waals surface area contributed by atoms with Crippen molar-refractivity contribution in [1.29, 1.82) is 0 Å². The summed E-state index contributed by atoms with van der Waals surface area (Å²) in [5.74, 6) is 2.02. The van der Waals surface area contributed by atoms with Crippen molar-refractivity contribution in [2.45, 2.75) is 26.2 Å². The lowest BCUT2D eigenvalue weighted by Crippen LogP contribution is -2.47. The lowest BCUT2D eigenvalue weighted by molar-refractivity contribution is -0.112. The molecular weight excluding hydrogens is 212 g/mol. The van der Waals surface area contributed by atoms with Crippen LogP contribution < -0.4 is 0 Å². The van der Waals surface area contributed by atoms with Crippen molar-refractivity contribution in [3.05, 3.63) is 0 Å². The van der Waals surface area contributed by atoms with Crippen LogP contribution in [0.15, 0.2) is 0 Å². The van der Waals surface area contributed by atoms with E-state index in [1.54, 1.807) is 0 Å². The first-order valence-corrected chi connectivity index (χ1v) is 7.03. The molecule has 0 aromatic heterocycles. The maximum atomic E-state index is 11.1. The number of rotatable bonds is 8. The third-order valence-electron chi connectivity index (χ3n) is 3.97. The summed E-state index contributed by atoms with van der Waals surface area (Å²) in [5.41, 5.74) is 0. The standard InChI is InChI=1S/C14H26N2O/c1-12-7-16(8-12)10-14(11-17)5-6-15(2)9-13-3-4-13/h11-14H,3-10H2,1-2H3. The van der Waals surface area contributed by atoms with Gasteiger partial charge in [-0.25, -0.2) is 0 Å². The summed E-state index contributed by atoms with van der Waals surface area (Å²) in [6.45, 7) is 7.92. The van der Waals surface area contributed by atoms with E-state index in [1.165, 1.54) is 32.5 Å². The molecule has 3 heteroatoms. The Balaban J connectivity index is 1.59. The normalized spacial score (nSPS) is 23.7. The highest BCUT2D eigenvalue weighted by atomic mass is 16.1. The average molecular weight is 238 g/mol. The van der Waals surface area contributed by atoms with Crippen molar-refractivity contribution >= 4 is 6.29 Å². The third-order valence-corrected chi connectivity index (χ3v) is 3.97. The van der Waals surface area contributed by atoms with Crippen molar-refractivity contribution in [2.75, 3.05) is 39.8 Å². The number of hydrogen-bond donors (Lipinski definition) is 0. The van der Waals surface area contributed by atoms with Crippen molar-refractivity contribution in [3.63, 3.8) is 0 Å². The van der Waals surface area contributed by atoms with E-state index >= 15 is 0 Å². The minimum atomic E-state index is 0.240. The van der Waals surface area contributed by atoms with E-state index in [-0.39, 0.29) is 5.92 Å². The molecule has 2 fully saturated rings. The Morgan fingerprint density at radius 1 is 1.41 bits per heavy atom. The van der Waals surface area contributed by atoms with Gasteiger partial charge in [-0.05, 0) is 44.7 Å². The summed E-state index contributed by atoms with van der Waals surface area (Å²) in [6.07, 6.45) is 5.01. The first kappa shape index (κ1) is 13.0. The van der Waals surface area contributed by atoms with Gasteiger partial charge in [0.2, 0.25) is 0 Å². The quantitative estimate of drug-likeness (QED) is 0.599. The van der Waals surface area contributed by atoms with E-state index in [9.17, 15) is 4.79 Å². The summed E-state index contributed by atoms with van der Waals surface area (Å²) in [4.78, 5) is 15.9. The number of carbonyl (C=O) groups is 1. The average Bonchev–Trinajstić information content (AvgIpc) is 3.05. The van der Waals surface area contributed by atoms with E-state index in [0.717, 1.165) is 37.6 Å². The van der Waals surface area contributed by atoms with E-state index in [0.29, 0.717) is 0 Å². The monoisotopic (exact) mass is 238 g/mol.